The molecule has 6 heteroatoms. The van der Waals surface area contributed by atoms with Crippen molar-refractivity contribution in [2.45, 2.75) is 52.2 Å². The quantitative estimate of drug-likeness (QED) is 0.664. The number of aryl methyl sites for hydroxylation is 1. The number of nitrogens with one attached hydrogen (secondary N) is 2. The molecule has 6 nitrogen and oxygen atoms in total. The van der Waals surface area contributed by atoms with E-state index in [4.69, 9.17) is 4.74 Å². The van der Waals surface area contributed by atoms with Crippen molar-refractivity contribution >= 4 is 5.91 Å². The zero-order chi connectivity index (χ0) is 15.2. The number of rotatable bonds is 9. The second kappa shape index (κ2) is 7.56. The van der Waals surface area contributed by atoms with Gasteiger partial charge in [0.1, 0.15) is 6.54 Å². The molecule has 1 fully saturated rings. The minimum Gasteiger partial charge on any atom is -0.385 e. The Morgan fingerprint density at radius 3 is 2.86 bits per heavy atom. The van der Waals surface area contributed by atoms with Crippen LogP contribution in [0.3, 0.4) is 0 Å². The highest BCUT2D eigenvalue weighted by Gasteiger charge is 2.22. The van der Waals surface area contributed by atoms with Gasteiger partial charge < -0.3 is 15.4 Å². The number of carbonyl (C=O) groups is 1. The van der Waals surface area contributed by atoms with Gasteiger partial charge in [-0.2, -0.15) is 5.10 Å². The fraction of sp³-hybridized carbons (Fsp3) is 0.733. The van der Waals surface area contributed by atoms with E-state index in [1.54, 1.807) is 11.8 Å². The summed E-state index contributed by atoms with van der Waals surface area (Å²) in [7, 11) is 1.66. The van der Waals surface area contributed by atoms with E-state index in [-0.39, 0.29) is 12.5 Å². The molecule has 1 amide bonds. The van der Waals surface area contributed by atoms with E-state index in [2.05, 4.69) is 15.7 Å². The molecule has 0 aromatic carbocycles. The van der Waals surface area contributed by atoms with Gasteiger partial charge in [-0.1, -0.05) is 0 Å². The molecule has 2 N–H and O–H groups in total. The maximum absolute atomic E-state index is 11.9. The van der Waals surface area contributed by atoms with Crippen molar-refractivity contribution in [1.29, 1.82) is 0 Å². The third-order valence-corrected chi connectivity index (χ3v) is 3.82. The van der Waals surface area contributed by atoms with Crippen LogP contribution in [0.15, 0.2) is 0 Å². The molecule has 21 heavy (non-hydrogen) atoms. The van der Waals surface area contributed by atoms with Crippen LogP contribution in [-0.2, 0) is 22.6 Å². The molecule has 118 valence electrons. The summed E-state index contributed by atoms with van der Waals surface area (Å²) in [6.45, 7) is 6.46. The van der Waals surface area contributed by atoms with Crippen molar-refractivity contribution in [3.63, 3.8) is 0 Å². The Bertz CT molecular complexity index is 480. The standard InChI is InChI=1S/C15H26N4O2/c1-11-14(9-17-13-5-6-13)12(2)19(18-11)10-15(20)16-7-4-8-21-3/h13,17H,4-10H2,1-3H3,(H,16,20). The highest BCUT2D eigenvalue weighted by Crippen LogP contribution is 2.20. The number of amides is 1. The van der Waals surface area contributed by atoms with Crippen molar-refractivity contribution in [3.05, 3.63) is 17.0 Å². The van der Waals surface area contributed by atoms with Crippen molar-refractivity contribution < 1.29 is 9.53 Å². The SMILES string of the molecule is COCCCNC(=O)Cn1nc(C)c(CNC2CC2)c1C. The summed E-state index contributed by atoms with van der Waals surface area (Å²) in [5.41, 5.74) is 3.30. The molecule has 0 atom stereocenters. The molecule has 0 spiro atoms. The van der Waals surface area contributed by atoms with Gasteiger partial charge in [0.2, 0.25) is 5.91 Å². The Morgan fingerprint density at radius 2 is 2.19 bits per heavy atom. The number of ether oxygens (including phenoxy) is 1. The van der Waals surface area contributed by atoms with E-state index in [1.807, 2.05) is 13.8 Å². The predicted octanol–water partition coefficient (Wildman–Crippen LogP) is 0.905. The van der Waals surface area contributed by atoms with Crippen LogP contribution in [0.2, 0.25) is 0 Å². The molecule has 2 rings (SSSR count). The van der Waals surface area contributed by atoms with Crippen LogP contribution < -0.4 is 10.6 Å². The van der Waals surface area contributed by atoms with Gasteiger partial charge in [0, 0.05) is 44.1 Å². The van der Waals surface area contributed by atoms with Crippen molar-refractivity contribution in [2.75, 3.05) is 20.3 Å². The zero-order valence-corrected chi connectivity index (χ0v) is 13.2. The Kier molecular flexibility index (Phi) is 5.76. The molecule has 0 bridgehead atoms. The van der Waals surface area contributed by atoms with E-state index in [0.29, 0.717) is 19.2 Å². The van der Waals surface area contributed by atoms with Crippen LogP contribution >= 0.6 is 0 Å². The number of nitrogens with zero attached hydrogens (tertiary/aromatic N) is 2. The molecule has 1 aliphatic rings. The lowest BCUT2D eigenvalue weighted by Gasteiger charge is -2.07. The largest absolute Gasteiger partial charge is 0.385 e. The molecule has 1 aromatic rings. The minimum atomic E-state index is -0.00148. The first-order valence-electron chi connectivity index (χ1n) is 7.63. The molecule has 1 aliphatic carbocycles. The van der Waals surface area contributed by atoms with Crippen LogP contribution in [-0.4, -0.2) is 42.0 Å². The first-order chi connectivity index (χ1) is 10.1. The Morgan fingerprint density at radius 1 is 1.43 bits per heavy atom. The highest BCUT2D eigenvalue weighted by molar-refractivity contribution is 5.75. The first kappa shape index (κ1) is 16.0. The molecule has 1 heterocycles. The topological polar surface area (TPSA) is 68.2 Å². The normalized spacial score (nSPS) is 14.4. The van der Waals surface area contributed by atoms with Gasteiger partial charge in [0.25, 0.3) is 0 Å². The Balaban J connectivity index is 1.84. The van der Waals surface area contributed by atoms with Crippen molar-refractivity contribution in [2.24, 2.45) is 0 Å². The molecule has 1 saturated carbocycles. The second-order valence-electron chi connectivity index (χ2n) is 5.66. The van der Waals surface area contributed by atoms with Gasteiger partial charge in [-0.3, -0.25) is 9.48 Å². The van der Waals surface area contributed by atoms with Gasteiger partial charge in [0.15, 0.2) is 0 Å². The second-order valence-corrected chi connectivity index (χ2v) is 5.66. The molecular formula is C15H26N4O2. The van der Waals surface area contributed by atoms with E-state index in [1.165, 1.54) is 18.4 Å². The van der Waals surface area contributed by atoms with Crippen LogP contribution in [0.1, 0.15) is 36.2 Å². The van der Waals surface area contributed by atoms with Crippen LogP contribution in [0.5, 0.6) is 0 Å². The summed E-state index contributed by atoms with van der Waals surface area (Å²) in [5, 5.41) is 10.9. The first-order valence-corrected chi connectivity index (χ1v) is 7.63. The molecule has 0 radical (unpaired) electrons. The maximum Gasteiger partial charge on any atom is 0.241 e. The molecule has 1 aromatic heterocycles. The van der Waals surface area contributed by atoms with Gasteiger partial charge in [-0.15, -0.1) is 0 Å². The lowest BCUT2D eigenvalue weighted by Crippen LogP contribution is -2.29. The summed E-state index contributed by atoms with van der Waals surface area (Å²) < 4.78 is 6.75. The molecule has 0 aliphatic heterocycles. The number of methoxy groups -OCH3 is 1. The predicted molar refractivity (Wildman–Crippen MR) is 81.1 cm³/mol. The van der Waals surface area contributed by atoms with E-state index in [0.717, 1.165) is 24.4 Å². The van der Waals surface area contributed by atoms with E-state index < -0.39 is 0 Å². The smallest absolute Gasteiger partial charge is 0.241 e. The fourth-order valence-corrected chi connectivity index (χ4v) is 2.31. The molecule has 0 saturated heterocycles. The number of carbonyl (C=O) groups excluding carboxylic acids is 1. The van der Waals surface area contributed by atoms with Crippen molar-refractivity contribution in [3.8, 4) is 0 Å². The molecule has 0 unspecified atom stereocenters. The Labute approximate surface area is 126 Å². The summed E-state index contributed by atoms with van der Waals surface area (Å²) in [4.78, 5) is 11.9. The van der Waals surface area contributed by atoms with Gasteiger partial charge in [-0.05, 0) is 33.1 Å². The summed E-state index contributed by atoms with van der Waals surface area (Å²) >= 11 is 0. The van der Waals surface area contributed by atoms with Crippen LogP contribution in [0.25, 0.3) is 0 Å². The summed E-state index contributed by atoms with van der Waals surface area (Å²) in [6.07, 6.45) is 3.38. The minimum absolute atomic E-state index is 0.00148. The summed E-state index contributed by atoms with van der Waals surface area (Å²) in [6, 6.07) is 0.677. The lowest BCUT2D eigenvalue weighted by molar-refractivity contribution is -0.121. The number of hydrogen-bond acceptors (Lipinski definition) is 4. The monoisotopic (exact) mass is 294 g/mol. The van der Waals surface area contributed by atoms with E-state index in [9.17, 15) is 4.79 Å². The van der Waals surface area contributed by atoms with Crippen LogP contribution in [0.4, 0.5) is 0 Å². The average Bonchev–Trinajstić information content (AvgIpc) is 3.23. The number of aromatic nitrogens is 2. The molecular weight excluding hydrogens is 268 g/mol. The fourth-order valence-electron chi connectivity index (χ4n) is 2.31. The average molecular weight is 294 g/mol. The maximum atomic E-state index is 11.9. The van der Waals surface area contributed by atoms with Gasteiger partial charge in [0.05, 0.1) is 5.69 Å². The third-order valence-electron chi connectivity index (χ3n) is 3.82. The van der Waals surface area contributed by atoms with Crippen molar-refractivity contribution in [1.82, 2.24) is 20.4 Å². The lowest BCUT2D eigenvalue weighted by atomic mass is 10.2. The Hall–Kier alpha value is -1.40. The highest BCUT2D eigenvalue weighted by atomic mass is 16.5. The van der Waals surface area contributed by atoms with E-state index >= 15 is 0 Å². The zero-order valence-electron chi connectivity index (χ0n) is 13.2. The summed E-state index contributed by atoms with van der Waals surface area (Å²) in [5.74, 6) is -0.00148. The van der Waals surface area contributed by atoms with Crippen LogP contribution in [0, 0.1) is 13.8 Å². The van der Waals surface area contributed by atoms with Gasteiger partial charge in [-0.25, -0.2) is 0 Å². The van der Waals surface area contributed by atoms with Gasteiger partial charge >= 0.3 is 0 Å². The third kappa shape index (κ3) is 4.82. The number of hydrogen-bond donors (Lipinski definition) is 2.